The van der Waals surface area contributed by atoms with E-state index >= 15 is 0 Å². The lowest BCUT2D eigenvalue weighted by atomic mass is 10.1. The van der Waals surface area contributed by atoms with E-state index in [1.165, 1.54) is 5.56 Å². The Bertz CT molecular complexity index is 814. The molecule has 0 fully saturated rings. The van der Waals surface area contributed by atoms with Crippen molar-refractivity contribution in [1.82, 2.24) is 9.97 Å². The maximum atomic E-state index is 12.2. The van der Waals surface area contributed by atoms with Gasteiger partial charge in [-0.3, -0.25) is 4.79 Å². The van der Waals surface area contributed by atoms with Crippen LogP contribution in [0.4, 0.5) is 5.69 Å². The molecule has 0 spiro atoms. The number of imidazole rings is 1. The van der Waals surface area contributed by atoms with Gasteiger partial charge in [0.25, 0.3) is 0 Å². The number of fused-ring (bicyclic) bond motifs is 1. The Labute approximate surface area is 139 Å². The highest BCUT2D eigenvalue weighted by Gasteiger charge is 2.11. The molecular weight excluding hydrogens is 306 g/mol. The van der Waals surface area contributed by atoms with Crippen LogP contribution >= 0.6 is 11.8 Å². The van der Waals surface area contributed by atoms with Crippen LogP contribution in [0, 0.1) is 20.8 Å². The number of anilines is 1. The molecule has 0 saturated heterocycles. The molecule has 1 aromatic heterocycles. The van der Waals surface area contributed by atoms with Crippen LogP contribution in [0.2, 0.25) is 0 Å². The van der Waals surface area contributed by atoms with E-state index < -0.39 is 0 Å². The van der Waals surface area contributed by atoms with E-state index in [0.29, 0.717) is 5.16 Å². The van der Waals surface area contributed by atoms with E-state index in [2.05, 4.69) is 48.2 Å². The van der Waals surface area contributed by atoms with Crippen molar-refractivity contribution in [2.45, 2.75) is 25.9 Å². The summed E-state index contributed by atoms with van der Waals surface area (Å²) < 4.78 is 0. The molecule has 0 unspecified atom stereocenters. The average molecular weight is 325 g/mol. The highest BCUT2D eigenvalue weighted by atomic mass is 32.2. The van der Waals surface area contributed by atoms with Gasteiger partial charge in [0.15, 0.2) is 5.16 Å². The Hall–Kier alpha value is -2.27. The lowest BCUT2D eigenvalue weighted by Crippen LogP contribution is -2.12. The van der Waals surface area contributed by atoms with Crippen LogP contribution in [-0.4, -0.2) is 21.6 Å². The highest BCUT2D eigenvalue weighted by molar-refractivity contribution is 8.13. The minimum absolute atomic E-state index is 0.0310. The molecule has 2 N–H and O–H groups in total. The second-order valence-corrected chi connectivity index (χ2v) is 6.71. The lowest BCUT2D eigenvalue weighted by molar-refractivity contribution is -0.109. The third kappa shape index (κ3) is 3.56. The number of carbonyl (C=O) groups is 1. The predicted octanol–water partition coefficient (Wildman–Crippen LogP) is 4.22. The number of carbonyl (C=O) groups excluding carboxylic acids is 1. The number of aromatic nitrogens is 2. The fourth-order valence-electron chi connectivity index (χ4n) is 2.74. The Balaban J connectivity index is 1.66. The molecular formula is C18H19N3OS. The third-order valence-corrected chi connectivity index (χ3v) is 4.42. The number of para-hydroxylation sites is 2. The van der Waals surface area contributed by atoms with Gasteiger partial charge >= 0.3 is 0 Å². The monoisotopic (exact) mass is 325 g/mol. The van der Waals surface area contributed by atoms with Gasteiger partial charge < -0.3 is 10.3 Å². The summed E-state index contributed by atoms with van der Waals surface area (Å²) in [4.78, 5) is 19.8. The normalized spacial score (nSPS) is 10.9. The fourth-order valence-corrected chi connectivity index (χ4v) is 3.41. The third-order valence-electron chi connectivity index (χ3n) is 3.66. The second kappa shape index (κ2) is 6.46. The minimum atomic E-state index is 0.0310. The summed E-state index contributed by atoms with van der Waals surface area (Å²) in [6.45, 7) is 6.46. The number of nitrogens with one attached hydrogen (secondary N) is 2. The van der Waals surface area contributed by atoms with Gasteiger partial charge in [0.1, 0.15) is 0 Å². The van der Waals surface area contributed by atoms with Crippen molar-refractivity contribution >= 4 is 33.6 Å². The average Bonchev–Trinajstić information content (AvgIpc) is 2.88. The molecule has 0 aliphatic heterocycles. The van der Waals surface area contributed by atoms with Crippen LogP contribution in [0.3, 0.4) is 0 Å². The number of aryl methyl sites for hydroxylation is 3. The zero-order valence-corrected chi connectivity index (χ0v) is 14.3. The zero-order chi connectivity index (χ0) is 16.4. The first-order chi connectivity index (χ1) is 11.0. The molecule has 23 heavy (non-hydrogen) atoms. The smallest absolute Gasteiger partial charge is 0.215 e. The van der Waals surface area contributed by atoms with E-state index in [1.807, 2.05) is 24.3 Å². The van der Waals surface area contributed by atoms with Gasteiger partial charge in [-0.05, 0) is 55.8 Å². The number of benzene rings is 2. The molecule has 3 rings (SSSR count). The number of nitrogens with zero attached hydrogens (tertiary/aromatic N) is 1. The Morgan fingerprint density at radius 3 is 2.57 bits per heavy atom. The van der Waals surface area contributed by atoms with Crippen molar-refractivity contribution in [3.63, 3.8) is 0 Å². The number of H-pyrrole nitrogens is 1. The molecule has 0 bridgehead atoms. The van der Waals surface area contributed by atoms with Crippen LogP contribution in [-0.2, 0) is 4.79 Å². The molecule has 0 atom stereocenters. The van der Waals surface area contributed by atoms with Crippen LogP contribution in [0.5, 0.6) is 0 Å². The maximum Gasteiger partial charge on any atom is 0.215 e. The first-order valence-corrected chi connectivity index (χ1v) is 8.32. The molecule has 2 aromatic carbocycles. The predicted molar refractivity (Wildman–Crippen MR) is 96.1 cm³/mol. The highest BCUT2D eigenvalue weighted by Crippen LogP contribution is 2.23. The van der Waals surface area contributed by atoms with Crippen LogP contribution in [0.15, 0.2) is 41.6 Å². The van der Waals surface area contributed by atoms with Crippen molar-refractivity contribution in [3.8, 4) is 0 Å². The van der Waals surface area contributed by atoms with Crippen LogP contribution in [0.25, 0.3) is 11.0 Å². The molecule has 3 aromatic rings. The van der Waals surface area contributed by atoms with Gasteiger partial charge in [-0.1, -0.05) is 29.8 Å². The maximum absolute atomic E-state index is 12.2. The van der Waals surface area contributed by atoms with Crippen molar-refractivity contribution in [2.24, 2.45) is 0 Å². The van der Waals surface area contributed by atoms with Crippen molar-refractivity contribution < 1.29 is 4.79 Å². The van der Waals surface area contributed by atoms with Crippen LogP contribution in [0.1, 0.15) is 16.7 Å². The number of hydrogen-bond donors (Lipinski definition) is 2. The molecule has 4 nitrogen and oxygen atoms in total. The van der Waals surface area contributed by atoms with E-state index in [4.69, 9.17) is 0 Å². The van der Waals surface area contributed by atoms with E-state index in [9.17, 15) is 4.79 Å². The minimum Gasteiger partial charge on any atom is -0.377 e. The molecule has 0 aliphatic carbocycles. The number of aromatic amines is 1. The Kier molecular flexibility index (Phi) is 4.39. The van der Waals surface area contributed by atoms with E-state index in [0.717, 1.165) is 39.6 Å². The summed E-state index contributed by atoms with van der Waals surface area (Å²) in [6.07, 6.45) is 0. The number of thioether (sulfide) groups is 1. The molecule has 5 heteroatoms. The van der Waals surface area contributed by atoms with Gasteiger partial charge in [-0.25, -0.2) is 4.98 Å². The van der Waals surface area contributed by atoms with Crippen molar-refractivity contribution in [3.05, 3.63) is 53.1 Å². The molecule has 1 heterocycles. The Morgan fingerprint density at radius 1 is 1.17 bits per heavy atom. The standard InChI is InChI=1S/C18H19N3OS/c1-11-8-12(2)17(13(3)9-11)19-10-16(22)23-18-20-14-6-4-5-7-15(14)21-18/h4-9,19H,10H2,1-3H3,(H,20,21). The number of rotatable bonds is 4. The molecule has 0 saturated carbocycles. The first kappa shape index (κ1) is 15.6. The summed E-state index contributed by atoms with van der Waals surface area (Å²) in [6, 6.07) is 12.0. The van der Waals surface area contributed by atoms with Gasteiger partial charge in [0.05, 0.1) is 17.6 Å². The van der Waals surface area contributed by atoms with Crippen LogP contribution < -0.4 is 5.32 Å². The summed E-state index contributed by atoms with van der Waals surface area (Å²) >= 11 is 1.14. The second-order valence-electron chi connectivity index (χ2n) is 5.66. The fraction of sp³-hybridized carbons (Fsp3) is 0.222. The largest absolute Gasteiger partial charge is 0.377 e. The molecule has 118 valence electrons. The molecule has 0 amide bonds. The van der Waals surface area contributed by atoms with Crippen molar-refractivity contribution in [1.29, 1.82) is 0 Å². The summed E-state index contributed by atoms with van der Waals surface area (Å²) in [5, 5.41) is 3.92. The SMILES string of the molecule is Cc1cc(C)c(NCC(=O)Sc2nc3ccccc3[nH]2)c(C)c1. The molecule has 0 aliphatic rings. The topological polar surface area (TPSA) is 57.8 Å². The van der Waals surface area contributed by atoms with Crippen molar-refractivity contribution in [2.75, 3.05) is 11.9 Å². The summed E-state index contributed by atoms with van der Waals surface area (Å²) in [5.74, 6) is 0. The first-order valence-electron chi connectivity index (χ1n) is 7.50. The van der Waals surface area contributed by atoms with Gasteiger partial charge in [-0.15, -0.1) is 0 Å². The quantitative estimate of drug-likeness (QED) is 0.705. The van der Waals surface area contributed by atoms with E-state index in [-0.39, 0.29) is 11.7 Å². The summed E-state index contributed by atoms with van der Waals surface area (Å²) in [7, 11) is 0. The van der Waals surface area contributed by atoms with Gasteiger partial charge in [0, 0.05) is 5.69 Å². The Morgan fingerprint density at radius 2 is 1.87 bits per heavy atom. The summed E-state index contributed by atoms with van der Waals surface area (Å²) in [5.41, 5.74) is 6.40. The zero-order valence-electron chi connectivity index (χ0n) is 13.4. The van der Waals surface area contributed by atoms with Gasteiger partial charge in [0.2, 0.25) is 5.12 Å². The molecule has 0 radical (unpaired) electrons. The lowest BCUT2D eigenvalue weighted by Gasteiger charge is -2.12. The van der Waals surface area contributed by atoms with E-state index in [1.54, 1.807) is 0 Å². The van der Waals surface area contributed by atoms with Gasteiger partial charge in [-0.2, -0.15) is 0 Å². The number of hydrogen-bond acceptors (Lipinski definition) is 4.